The van der Waals surface area contributed by atoms with E-state index < -0.39 is 6.10 Å². The van der Waals surface area contributed by atoms with Crippen molar-refractivity contribution < 1.29 is 23.8 Å². The molecule has 0 fully saturated rings. The van der Waals surface area contributed by atoms with Crippen molar-refractivity contribution >= 4 is 11.9 Å². The van der Waals surface area contributed by atoms with E-state index in [1.807, 2.05) is 0 Å². The molecule has 60 heavy (non-hydrogen) atoms. The number of hydrogen-bond acceptors (Lipinski definition) is 5. The third kappa shape index (κ3) is 47.8. The first-order chi connectivity index (χ1) is 29.6. The molecule has 0 amide bonds. The number of carbonyl (C=O) groups is 2. The van der Waals surface area contributed by atoms with E-state index in [0.29, 0.717) is 19.4 Å². The minimum Gasteiger partial charge on any atom is -0.462 e. The van der Waals surface area contributed by atoms with E-state index in [0.717, 1.165) is 96.3 Å². The Morgan fingerprint density at radius 1 is 0.383 bits per heavy atom. The summed E-state index contributed by atoms with van der Waals surface area (Å²) in [7, 11) is 0. The molecule has 344 valence electrons. The molecule has 0 saturated carbocycles. The Bertz CT molecular complexity index is 1130. The molecule has 5 heteroatoms. The van der Waals surface area contributed by atoms with Gasteiger partial charge in [-0.2, -0.15) is 0 Å². The lowest BCUT2D eigenvalue weighted by Crippen LogP contribution is -2.30. The van der Waals surface area contributed by atoms with Crippen molar-refractivity contribution in [2.45, 2.75) is 232 Å². The number of allylic oxidation sites excluding steroid dienone is 14. The van der Waals surface area contributed by atoms with Crippen molar-refractivity contribution in [3.8, 4) is 0 Å². The van der Waals surface area contributed by atoms with Gasteiger partial charge in [-0.25, -0.2) is 0 Å². The summed E-state index contributed by atoms with van der Waals surface area (Å²) in [4.78, 5) is 25.1. The van der Waals surface area contributed by atoms with Gasteiger partial charge in [-0.05, 0) is 96.3 Å². The van der Waals surface area contributed by atoms with Gasteiger partial charge in [0.1, 0.15) is 6.61 Å². The minimum atomic E-state index is -0.547. The van der Waals surface area contributed by atoms with Gasteiger partial charge >= 0.3 is 11.9 Å². The van der Waals surface area contributed by atoms with E-state index in [2.05, 4.69) is 106 Å². The zero-order valence-corrected chi connectivity index (χ0v) is 39.5. The largest absolute Gasteiger partial charge is 0.462 e. The monoisotopic (exact) mass is 835 g/mol. The van der Waals surface area contributed by atoms with Gasteiger partial charge in [0.05, 0.1) is 6.61 Å². The second-order valence-corrected chi connectivity index (χ2v) is 16.3. The maximum atomic E-state index is 12.6. The molecule has 0 rings (SSSR count). The quantitative estimate of drug-likeness (QED) is 0.0347. The molecule has 0 aromatic rings. The fraction of sp³-hybridized carbons (Fsp3) is 0.709. The fourth-order valence-corrected chi connectivity index (χ4v) is 6.68. The number of rotatable bonds is 45. The van der Waals surface area contributed by atoms with Gasteiger partial charge in [0.25, 0.3) is 0 Å². The van der Waals surface area contributed by atoms with E-state index in [4.69, 9.17) is 14.2 Å². The second kappa shape index (κ2) is 50.4. The standard InChI is InChI=1S/C55H94O5/c1-4-7-10-13-15-17-19-21-23-25-27-29-31-33-35-37-39-41-44-47-50-58-51-53(60-55(57)49-46-42-12-9-6-3)52-59-54(56)48-45-43-40-38-36-34-32-30-28-26-24-22-20-18-16-14-11-8-5-2/h7,10,15-18,21-24,27-30,53H,4-6,8-9,11-14,19-20,25-26,31-52H2,1-3H3/b10-7-,17-15-,18-16-,23-21-,24-22-,29-27-,30-28-. The summed E-state index contributed by atoms with van der Waals surface area (Å²) >= 11 is 0. The summed E-state index contributed by atoms with van der Waals surface area (Å²) in [6.45, 7) is 7.58. The molecule has 0 radical (unpaired) electrons. The molecule has 0 heterocycles. The third-order valence-electron chi connectivity index (χ3n) is 10.4. The summed E-state index contributed by atoms with van der Waals surface area (Å²) in [6, 6.07) is 0. The predicted molar refractivity (Wildman–Crippen MR) is 260 cm³/mol. The van der Waals surface area contributed by atoms with Crippen molar-refractivity contribution in [1.82, 2.24) is 0 Å². The van der Waals surface area contributed by atoms with Crippen LogP contribution in [0.25, 0.3) is 0 Å². The Labute approximate surface area is 371 Å². The van der Waals surface area contributed by atoms with Gasteiger partial charge < -0.3 is 14.2 Å². The first-order valence-corrected chi connectivity index (χ1v) is 25.1. The molecule has 0 aliphatic rings. The topological polar surface area (TPSA) is 61.8 Å². The summed E-state index contributed by atoms with van der Waals surface area (Å²) < 4.78 is 17.2. The fourth-order valence-electron chi connectivity index (χ4n) is 6.68. The van der Waals surface area contributed by atoms with E-state index in [1.165, 1.54) is 96.3 Å². The van der Waals surface area contributed by atoms with Gasteiger partial charge in [0.15, 0.2) is 6.10 Å². The van der Waals surface area contributed by atoms with Crippen molar-refractivity contribution in [1.29, 1.82) is 0 Å². The highest BCUT2D eigenvalue weighted by Gasteiger charge is 2.17. The van der Waals surface area contributed by atoms with Crippen LogP contribution in [0.1, 0.15) is 226 Å². The smallest absolute Gasteiger partial charge is 0.306 e. The number of carbonyl (C=O) groups excluding carboxylic acids is 2. The first-order valence-electron chi connectivity index (χ1n) is 25.1. The van der Waals surface area contributed by atoms with Gasteiger partial charge in [-0.1, -0.05) is 202 Å². The summed E-state index contributed by atoms with van der Waals surface area (Å²) in [5.74, 6) is -0.432. The average Bonchev–Trinajstić information content (AvgIpc) is 3.25. The molecular weight excluding hydrogens is 741 g/mol. The predicted octanol–water partition coefficient (Wildman–Crippen LogP) is 16.9. The van der Waals surface area contributed by atoms with Crippen LogP contribution < -0.4 is 0 Å². The Kier molecular flexibility index (Phi) is 48.0. The zero-order chi connectivity index (χ0) is 43.5. The minimum absolute atomic E-state index is 0.0702. The van der Waals surface area contributed by atoms with Gasteiger partial charge in [0.2, 0.25) is 0 Å². The van der Waals surface area contributed by atoms with Crippen molar-refractivity contribution in [3.05, 3.63) is 85.1 Å². The summed E-state index contributed by atoms with van der Waals surface area (Å²) in [6.07, 6.45) is 66.2. The van der Waals surface area contributed by atoms with Crippen LogP contribution in [0.2, 0.25) is 0 Å². The van der Waals surface area contributed by atoms with Crippen molar-refractivity contribution in [2.75, 3.05) is 19.8 Å². The summed E-state index contributed by atoms with van der Waals surface area (Å²) in [5.41, 5.74) is 0. The molecule has 5 nitrogen and oxygen atoms in total. The molecule has 1 atom stereocenters. The van der Waals surface area contributed by atoms with Gasteiger partial charge in [-0.3, -0.25) is 9.59 Å². The molecule has 0 aromatic heterocycles. The lowest BCUT2D eigenvalue weighted by atomic mass is 10.1. The Balaban J connectivity index is 4.08. The van der Waals surface area contributed by atoms with E-state index >= 15 is 0 Å². The lowest BCUT2D eigenvalue weighted by molar-refractivity contribution is -0.163. The maximum Gasteiger partial charge on any atom is 0.306 e. The van der Waals surface area contributed by atoms with Crippen LogP contribution in [-0.2, 0) is 23.8 Å². The van der Waals surface area contributed by atoms with E-state index in [9.17, 15) is 9.59 Å². The lowest BCUT2D eigenvalue weighted by Gasteiger charge is -2.18. The zero-order valence-electron chi connectivity index (χ0n) is 39.5. The average molecular weight is 835 g/mol. The SMILES string of the molecule is CC/C=C\C/C=C\C/C=C\C/C=C\CCCCCCCCCOCC(COC(=O)CCCCCCCC/C=C\C/C=C\C/C=C\CCCCC)OC(=O)CCCCCCC. The van der Waals surface area contributed by atoms with Crippen LogP contribution >= 0.6 is 0 Å². The Hall–Kier alpha value is -2.92. The van der Waals surface area contributed by atoms with Gasteiger partial charge in [0, 0.05) is 19.4 Å². The molecule has 0 bridgehead atoms. The van der Waals surface area contributed by atoms with Gasteiger partial charge in [-0.15, -0.1) is 0 Å². The first kappa shape index (κ1) is 57.1. The van der Waals surface area contributed by atoms with Crippen LogP contribution in [0.5, 0.6) is 0 Å². The number of hydrogen-bond donors (Lipinski definition) is 0. The van der Waals surface area contributed by atoms with Crippen LogP contribution in [-0.4, -0.2) is 37.9 Å². The number of unbranched alkanes of at least 4 members (excludes halogenated alkanes) is 20. The highest BCUT2D eigenvalue weighted by atomic mass is 16.6. The highest BCUT2D eigenvalue weighted by Crippen LogP contribution is 2.13. The molecule has 1 unspecified atom stereocenters. The normalized spacial score (nSPS) is 12.9. The Morgan fingerprint density at radius 3 is 1.23 bits per heavy atom. The second-order valence-electron chi connectivity index (χ2n) is 16.3. The van der Waals surface area contributed by atoms with Crippen molar-refractivity contribution in [3.63, 3.8) is 0 Å². The van der Waals surface area contributed by atoms with E-state index in [1.54, 1.807) is 0 Å². The van der Waals surface area contributed by atoms with Crippen LogP contribution in [0.4, 0.5) is 0 Å². The Morgan fingerprint density at radius 2 is 0.750 bits per heavy atom. The number of ether oxygens (including phenoxy) is 3. The highest BCUT2D eigenvalue weighted by molar-refractivity contribution is 5.70. The third-order valence-corrected chi connectivity index (χ3v) is 10.4. The summed E-state index contributed by atoms with van der Waals surface area (Å²) in [5, 5.41) is 0. The molecule has 0 N–H and O–H groups in total. The van der Waals surface area contributed by atoms with Crippen LogP contribution in [0, 0.1) is 0 Å². The molecular formula is C55H94O5. The van der Waals surface area contributed by atoms with Crippen molar-refractivity contribution in [2.24, 2.45) is 0 Å². The molecule has 0 aromatic carbocycles. The molecule has 0 saturated heterocycles. The molecule has 0 aliphatic carbocycles. The van der Waals surface area contributed by atoms with Crippen LogP contribution in [0.3, 0.4) is 0 Å². The van der Waals surface area contributed by atoms with E-state index in [-0.39, 0.29) is 25.2 Å². The number of esters is 2. The molecule has 0 spiro atoms. The van der Waals surface area contributed by atoms with Crippen LogP contribution in [0.15, 0.2) is 85.1 Å². The molecule has 0 aliphatic heterocycles. The maximum absolute atomic E-state index is 12.6.